The fourth-order valence-corrected chi connectivity index (χ4v) is 4.25. The summed E-state index contributed by atoms with van der Waals surface area (Å²) in [6.45, 7) is 1.79. The van der Waals surface area contributed by atoms with Crippen molar-refractivity contribution in [2.24, 2.45) is 5.10 Å². The number of esters is 1. The molecule has 5 rings (SSSR count). The summed E-state index contributed by atoms with van der Waals surface area (Å²) in [5.41, 5.74) is 7.30. The lowest BCUT2D eigenvalue weighted by molar-refractivity contribution is 0.0698. The highest BCUT2D eigenvalue weighted by atomic mass is 16.5. The molecular weight excluding hydrogens is 468 g/mol. The second-order valence-corrected chi connectivity index (χ2v) is 8.53. The van der Waals surface area contributed by atoms with Crippen LogP contribution in [0.1, 0.15) is 56.3 Å². The minimum absolute atomic E-state index is 0.117. The molecule has 0 spiro atoms. The molecule has 0 bridgehead atoms. The number of furan rings is 1. The number of hydrazone groups is 1. The van der Waals surface area contributed by atoms with Crippen LogP contribution in [0.15, 0.2) is 82.4 Å². The number of nitrogens with one attached hydrogen (secondary N) is 1. The number of benzene rings is 2. The molecule has 37 heavy (non-hydrogen) atoms. The zero-order valence-electron chi connectivity index (χ0n) is 20.0. The average Bonchev–Trinajstić information content (AvgIpc) is 3.29. The van der Waals surface area contributed by atoms with E-state index in [1.54, 1.807) is 55.6 Å². The second-order valence-electron chi connectivity index (χ2n) is 8.53. The molecular formula is C29H22N4O4. The number of nitrogens with zero attached hydrogens (tertiary/aromatic N) is 3. The molecule has 2 heterocycles. The van der Waals surface area contributed by atoms with Crippen molar-refractivity contribution in [3.8, 4) is 22.9 Å². The highest BCUT2D eigenvalue weighted by molar-refractivity contribution is 6.06. The maximum atomic E-state index is 13.0. The van der Waals surface area contributed by atoms with E-state index in [1.807, 2.05) is 24.3 Å². The molecule has 1 aliphatic rings. The molecule has 0 atom stereocenters. The molecule has 0 saturated carbocycles. The lowest BCUT2D eigenvalue weighted by Crippen LogP contribution is -2.22. The van der Waals surface area contributed by atoms with Gasteiger partial charge >= 0.3 is 5.97 Å². The van der Waals surface area contributed by atoms with E-state index in [0.29, 0.717) is 41.2 Å². The van der Waals surface area contributed by atoms with Gasteiger partial charge in [-0.05, 0) is 67.3 Å². The largest absolute Gasteiger partial charge is 0.453 e. The number of fused-ring (bicyclic) bond motifs is 1. The molecule has 1 N–H and O–H groups in total. The van der Waals surface area contributed by atoms with E-state index in [2.05, 4.69) is 21.6 Å². The van der Waals surface area contributed by atoms with Crippen LogP contribution in [0.25, 0.3) is 11.1 Å². The smallest absolute Gasteiger partial charge is 0.379 e. The summed E-state index contributed by atoms with van der Waals surface area (Å²) in [5, 5.41) is 13.3. The number of carbonyl (C=O) groups is 2. The van der Waals surface area contributed by atoms with Crippen molar-refractivity contribution in [1.29, 1.82) is 5.26 Å². The maximum absolute atomic E-state index is 13.0. The summed E-state index contributed by atoms with van der Waals surface area (Å²) in [6, 6.07) is 21.5. The molecule has 1 aliphatic carbocycles. The molecule has 0 aliphatic heterocycles. The second kappa shape index (κ2) is 10.3. The summed E-state index contributed by atoms with van der Waals surface area (Å²) in [7, 11) is 0. The van der Waals surface area contributed by atoms with Gasteiger partial charge in [-0.1, -0.05) is 30.3 Å². The standard InChI is InChI=1S/C29H22N4O4/c1-18-26-23(32-33-28(34)24-5-2-3-16-31-24)6-4-7-25(26)37-27(18)29(35)36-22-14-12-21(13-15-22)20-10-8-19(17-30)9-11-20/h2-3,5,8-16H,4,6-7H2,1H3,(H,33,34)/b32-23+. The molecule has 8 heteroatoms. The molecule has 0 saturated heterocycles. The number of ether oxygens (including phenoxy) is 1. The molecule has 0 unspecified atom stereocenters. The molecule has 4 aromatic rings. The Morgan fingerprint density at radius 1 is 1.03 bits per heavy atom. The van der Waals surface area contributed by atoms with E-state index >= 15 is 0 Å². The normalized spacial score (nSPS) is 13.5. The third-order valence-electron chi connectivity index (χ3n) is 6.11. The van der Waals surface area contributed by atoms with Crippen LogP contribution in [-0.2, 0) is 6.42 Å². The van der Waals surface area contributed by atoms with E-state index in [0.717, 1.165) is 23.1 Å². The highest BCUT2D eigenvalue weighted by Gasteiger charge is 2.29. The molecule has 2 aromatic heterocycles. The summed E-state index contributed by atoms with van der Waals surface area (Å²) in [5.74, 6) is 0.137. The van der Waals surface area contributed by atoms with E-state index < -0.39 is 11.9 Å². The Bertz CT molecular complexity index is 1530. The van der Waals surface area contributed by atoms with E-state index in [9.17, 15) is 9.59 Å². The van der Waals surface area contributed by atoms with Crippen molar-refractivity contribution in [3.63, 3.8) is 0 Å². The van der Waals surface area contributed by atoms with Gasteiger partial charge in [0.25, 0.3) is 5.91 Å². The van der Waals surface area contributed by atoms with Gasteiger partial charge in [0.05, 0.1) is 17.3 Å². The highest BCUT2D eigenvalue weighted by Crippen LogP contribution is 2.31. The molecule has 0 radical (unpaired) electrons. The number of carbonyl (C=O) groups excluding carboxylic acids is 2. The van der Waals surface area contributed by atoms with Crippen LogP contribution in [0.2, 0.25) is 0 Å². The monoisotopic (exact) mass is 490 g/mol. The average molecular weight is 491 g/mol. The van der Waals surface area contributed by atoms with Crippen molar-refractivity contribution in [1.82, 2.24) is 10.4 Å². The number of aromatic nitrogens is 1. The third kappa shape index (κ3) is 5.02. The first-order valence-electron chi connectivity index (χ1n) is 11.8. The molecule has 2 aromatic carbocycles. The summed E-state index contributed by atoms with van der Waals surface area (Å²) in [6.07, 6.45) is 3.63. The SMILES string of the molecule is Cc1c(C(=O)Oc2ccc(-c3ccc(C#N)cc3)cc2)oc2c1/C(=N/NC(=O)c1ccccn1)CCC2. The van der Waals surface area contributed by atoms with Crippen LogP contribution in [0, 0.1) is 18.3 Å². The number of aryl methyl sites for hydroxylation is 1. The molecule has 182 valence electrons. The Morgan fingerprint density at radius 3 is 2.43 bits per heavy atom. The van der Waals surface area contributed by atoms with Crippen LogP contribution in [0.5, 0.6) is 5.75 Å². The van der Waals surface area contributed by atoms with Crippen LogP contribution in [0.3, 0.4) is 0 Å². The topological polar surface area (TPSA) is 118 Å². The summed E-state index contributed by atoms with van der Waals surface area (Å²) < 4.78 is 11.5. The van der Waals surface area contributed by atoms with Gasteiger partial charge in [-0.3, -0.25) is 9.78 Å². The third-order valence-corrected chi connectivity index (χ3v) is 6.11. The summed E-state index contributed by atoms with van der Waals surface area (Å²) in [4.78, 5) is 29.4. The van der Waals surface area contributed by atoms with Crippen molar-refractivity contribution in [2.45, 2.75) is 26.2 Å². The minimum atomic E-state index is -0.602. The Morgan fingerprint density at radius 2 is 1.76 bits per heavy atom. The van der Waals surface area contributed by atoms with Gasteiger partial charge in [0.15, 0.2) is 0 Å². The Kier molecular flexibility index (Phi) is 6.60. The maximum Gasteiger partial charge on any atom is 0.379 e. The van der Waals surface area contributed by atoms with Crippen molar-refractivity contribution in [3.05, 3.63) is 107 Å². The van der Waals surface area contributed by atoms with Crippen LogP contribution in [0.4, 0.5) is 0 Å². The molecule has 8 nitrogen and oxygen atoms in total. The van der Waals surface area contributed by atoms with Gasteiger partial charge in [-0.2, -0.15) is 10.4 Å². The van der Waals surface area contributed by atoms with Gasteiger partial charge in [0, 0.05) is 23.7 Å². The Hall–Kier alpha value is -5.03. The number of rotatable bonds is 5. The first-order valence-corrected chi connectivity index (χ1v) is 11.8. The molecule has 1 amide bonds. The lowest BCUT2D eigenvalue weighted by atomic mass is 9.93. The predicted molar refractivity (Wildman–Crippen MR) is 136 cm³/mol. The fourth-order valence-electron chi connectivity index (χ4n) is 4.25. The first-order chi connectivity index (χ1) is 18.0. The Balaban J connectivity index is 1.31. The Labute approximate surface area is 213 Å². The van der Waals surface area contributed by atoms with Gasteiger partial charge in [0.2, 0.25) is 5.76 Å². The van der Waals surface area contributed by atoms with Crippen molar-refractivity contribution >= 4 is 17.6 Å². The predicted octanol–water partition coefficient (Wildman–Crippen LogP) is 5.21. The van der Waals surface area contributed by atoms with E-state index in [-0.39, 0.29) is 11.5 Å². The van der Waals surface area contributed by atoms with Gasteiger partial charge in [-0.25, -0.2) is 10.2 Å². The first kappa shape index (κ1) is 23.7. The van der Waals surface area contributed by atoms with Gasteiger partial charge in [0.1, 0.15) is 17.2 Å². The van der Waals surface area contributed by atoms with Gasteiger partial charge < -0.3 is 9.15 Å². The van der Waals surface area contributed by atoms with E-state index in [4.69, 9.17) is 14.4 Å². The van der Waals surface area contributed by atoms with Crippen LogP contribution in [-0.4, -0.2) is 22.6 Å². The minimum Gasteiger partial charge on any atom is -0.453 e. The molecule has 0 fully saturated rings. The zero-order valence-corrected chi connectivity index (χ0v) is 20.0. The fraction of sp³-hybridized carbons (Fsp3) is 0.138. The number of amides is 1. The van der Waals surface area contributed by atoms with Gasteiger partial charge in [-0.15, -0.1) is 0 Å². The van der Waals surface area contributed by atoms with Crippen molar-refractivity contribution < 1.29 is 18.7 Å². The number of pyridine rings is 1. The quantitative estimate of drug-likeness (QED) is 0.233. The zero-order chi connectivity index (χ0) is 25.8. The van der Waals surface area contributed by atoms with Crippen LogP contribution < -0.4 is 10.2 Å². The number of nitriles is 1. The van der Waals surface area contributed by atoms with Crippen molar-refractivity contribution in [2.75, 3.05) is 0 Å². The number of hydrogen-bond donors (Lipinski definition) is 1. The summed E-state index contributed by atoms with van der Waals surface area (Å²) >= 11 is 0. The van der Waals surface area contributed by atoms with E-state index in [1.165, 1.54) is 0 Å². The number of hydrogen-bond acceptors (Lipinski definition) is 7. The lowest BCUT2D eigenvalue weighted by Gasteiger charge is -2.13. The van der Waals surface area contributed by atoms with Crippen LogP contribution >= 0.6 is 0 Å².